The summed E-state index contributed by atoms with van der Waals surface area (Å²) in [5.74, 6) is -1.96. The SMILES string of the molecule is O=C(COc1c(Cl)cc(C=NN2C(=O)C3C4C=CC(C4)C3C2=O)cc1[N+](=O)[O-])N1CCOCC1. The van der Waals surface area contributed by atoms with Crippen molar-refractivity contribution < 1.29 is 28.8 Å². The Labute approximate surface area is 199 Å². The van der Waals surface area contributed by atoms with Gasteiger partial charge in [-0.3, -0.25) is 24.5 Å². The molecule has 0 radical (unpaired) electrons. The first-order chi connectivity index (χ1) is 16.3. The van der Waals surface area contributed by atoms with Crippen molar-refractivity contribution in [1.29, 1.82) is 0 Å². The number of halogens is 1. The van der Waals surface area contributed by atoms with E-state index in [0.717, 1.165) is 11.4 Å². The molecule has 34 heavy (non-hydrogen) atoms. The lowest BCUT2D eigenvalue weighted by Gasteiger charge is -2.26. The molecule has 4 atom stereocenters. The molecule has 1 saturated carbocycles. The number of morpholine rings is 1. The summed E-state index contributed by atoms with van der Waals surface area (Å²) in [4.78, 5) is 50.3. The molecule has 4 aliphatic rings. The monoisotopic (exact) mass is 488 g/mol. The van der Waals surface area contributed by atoms with Crippen LogP contribution in [0.5, 0.6) is 5.75 Å². The molecule has 1 aromatic rings. The van der Waals surface area contributed by atoms with Crippen LogP contribution in [0.15, 0.2) is 29.4 Å². The predicted molar refractivity (Wildman–Crippen MR) is 118 cm³/mol. The second-order valence-electron chi connectivity index (χ2n) is 8.62. The Balaban J connectivity index is 1.32. The molecule has 4 unspecified atom stereocenters. The van der Waals surface area contributed by atoms with Gasteiger partial charge in [-0.15, -0.1) is 0 Å². The topological polar surface area (TPSA) is 132 Å². The first-order valence-electron chi connectivity index (χ1n) is 10.9. The first kappa shape index (κ1) is 22.5. The van der Waals surface area contributed by atoms with E-state index in [-0.39, 0.29) is 45.9 Å². The maximum Gasteiger partial charge on any atom is 0.313 e. The summed E-state index contributed by atoms with van der Waals surface area (Å²) in [6.07, 6.45) is 5.96. The van der Waals surface area contributed by atoms with Crippen molar-refractivity contribution in [2.45, 2.75) is 6.42 Å². The van der Waals surface area contributed by atoms with Gasteiger partial charge < -0.3 is 14.4 Å². The minimum atomic E-state index is -0.683. The number of amides is 3. The van der Waals surface area contributed by atoms with Crippen LogP contribution in [0.4, 0.5) is 5.69 Å². The number of carbonyl (C=O) groups excluding carboxylic acids is 3. The number of benzene rings is 1. The van der Waals surface area contributed by atoms with Gasteiger partial charge in [0.2, 0.25) is 5.75 Å². The molecule has 2 saturated heterocycles. The van der Waals surface area contributed by atoms with Crippen LogP contribution in [0.2, 0.25) is 5.02 Å². The van der Waals surface area contributed by atoms with Gasteiger partial charge in [-0.1, -0.05) is 23.8 Å². The van der Waals surface area contributed by atoms with Gasteiger partial charge in [-0.05, 0) is 24.3 Å². The van der Waals surface area contributed by atoms with Crippen molar-refractivity contribution in [3.05, 3.63) is 45.0 Å². The number of nitro benzene ring substituents is 1. The normalized spacial score (nSPS) is 27.7. The van der Waals surface area contributed by atoms with Gasteiger partial charge in [0.25, 0.3) is 17.7 Å². The van der Waals surface area contributed by atoms with E-state index in [2.05, 4.69) is 5.10 Å². The maximum absolute atomic E-state index is 12.7. The minimum absolute atomic E-state index is 0.0544. The second kappa shape index (κ2) is 8.80. The van der Waals surface area contributed by atoms with Crippen molar-refractivity contribution in [2.75, 3.05) is 32.9 Å². The number of carbonyl (C=O) groups is 3. The number of nitrogens with zero attached hydrogens (tertiary/aromatic N) is 4. The van der Waals surface area contributed by atoms with Crippen molar-refractivity contribution in [3.63, 3.8) is 0 Å². The average Bonchev–Trinajstić information content (AvgIpc) is 3.51. The Morgan fingerprint density at radius 3 is 2.47 bits per heavy atom. The third kappa shape index (κ3) is 3.84. The summed E-state index contributed by atoms with van der Waals surface area (Å²) >= 11 is 6.23. The molecule has 0 spiro atoms. The van der Waals surface area contributed by atoms with Crippen LogP contribution in [0.3, 0.4) is 0 Å². The molecule has 0 aromatic heterocycles. The highest BCUT2D eigenvalue weighted by molar-refractivity contribution is 6.32. The highest BCUT2D eigenvalue weighted by Gasteiger charge is 2.59. The Hall–Kier alpha value is -3.31. The van der Waals surface area contributed by atoms with Gasteiger partial charge in [0.05, 0.1) is 41.2 Å². The number of fused-ring (bicyclic) bond motifs is 5. The molecule has 12 heteroatoms. The number of allylic oxidation sites excluding steroid dienone is 2. The Morgan fingerprint density at radius 1 is 1.21 bits per heavy atom. The lowest BCUT2D eigenvalue weighted by Crippen LogP contribution is -2.43. The fraction of sp³-hybridized carbons (Fsp3) is 0.455. The molecular formula is C22H21ClN4O7. The van der Waals surface area contributed by atoms with Gasteiger partial charge >= 0.3 is 5.69 Å². The standard InChI is InChI=1S/C22H21ClN4O7/c23-15-7-12(10-24-26-21(29)18-13-1-2-14(9-13)19(18)22(26)30)8-16(27(31)32)20(15)34-11-17(28)25-3-5-33-6-4-25/h1-2,7-8,10,13-14,18-19H,3-6,9,11H2. The summed E-state index contributed by atoms with van der Waals surface area (Å²) in [5.41, 5.74) is -0.246. The third-order valence-corrected chi connectivity index (χ3v) is 7.00. The number of hydrogen-bond acceptors (Lipinski definition) is 8. The summed E-state index contributed by atoms with van der Waals surface area (Å²) in [7, 11) is 0. The van der Waals surface area contributed by atoms with E-state index in [4.69, 9.17) is 21.1 Å². The van der Waals surface area contributed by atoms with Crippen molar-refractivity contribution in [1.82, 2.24) is 9.91 Å². The average molecular weight is 489 g/mol. The number of hydrogen-bond donors (Lipinski definition) is 0. The van der Waals surface area contributed by atoms with Crippen LogP contribution in [0, 0.1) is 33.8 Å². The smallest absolute Gasteiger partial charge is 0.313 e. The molecule has 3 amide bonds. The van der Waals surface area contributed by atoms with Crippen molar-refractivity contribution in [3.8, 4) is 5.75 Å². The highest BCUT2D eigenvalue weighted by Crippen LogP contribution is 2.52. The minimum Gasteiger partial charge on any atom is -0.476 e. The third-order valence-electron chi connectivity index (χ3n) is 6.72. The second-order valence-corrected chi connectivity index (χ2v) is 9.03. The summed E-state index contributed by atoms with van der Waals surface area (Å²) in [6.45, 7) is 1.26. The Morgan fingerprint density at radius 2 is 1.85 bits per heavy atom. The summed E-state index contributed by atoms with van der Waals surface area (Å²) in [6, 6.07) is 2.53. The van der Waals surface area contributed by atoms with E-state index in [9.17, 15) is 24.5 Å². The van der Waals surface area contributed by atoms with Crippen LogP contribution < -0.4 is 4.74 Å². The summed E-state index contributed by atoms with van der Waals surface area (Å²) in [5, 5.41) is 16.4. The van der Waals surface area contributed by atoms with Crippen molar-refractivity contribution in [2.24, 2.45) is 28.8 Å². The zero-order chi connectivity index (χ0) is 24.0. The van der Waals surface area contributed by atoms with Gasteiger partial charge in [0.1, 0.15) is 0 Å². The number of rotatable bonds is 6. The fourth-order valence-corrected chi connectivity index (χ4v) is 5.39. The highest BCUT2D eigenvalue weighted by atomic mass is 35.5. The molecule has 1 aromatic carbocycles. The van der Waals surface area contributed by atoms with E-state index >= 15 is 0 Å². The zero-order valence-corrected chi connectivity index (χ0v) is 18.7. The van der Waals surface area contributed by atoms with Crippen LogP contribution >= 0.6 is 11.6 Å². The molecular weight excluding hydrogens is 468 g/mol. The molecule has 178 valence electrons. The molecule has 2 aliphatic carbocycles. The molecule has 2 heterocycles. The Kier molecular flexibility index (Phi) is 5.82. The van der Waals surface area contributed by atoms with E-state index in [1.807, 2.05) is 12.2 Å². The lowest BCUT2D eigenvalue weighted by atomic mass is 9.85. The number of imide groups is 1. The van der Waals surface area contributed by atoms with E-state index in [1.54, 1.807) is 4.90 Å². The fourth-order valence-electron chi connectivity index (χ4n) is 5.12. The predicted octanol–water partition coefficient (Wildman–Crippen LogP) is 1.63. The molecule has 3 fully saturated rings. The van der Waals surface area contributed by atoms with Crippen molar-refractivity contribution >= 4 is 41.2 Å². The molecule has 0 N–H and O–H groups in total. The van der Waals surface area contributed by atoms with Gasteiger partial charge in [-0.25, -0.2) is 0 Å². The lowest BCUT2D eigenvalue weighted by molar-refractivity contribution is -0.385. The maximum atomic E-state index is 12.7. The molecule has 2 bridgehead atoms. The summed E-state index contributed by atoms with van der Waals surface area (Å²) < 4.78 is 10.6. The first-order valence-corrected chi connectivity index (χ1v) is 11.3. The van der Waals surface area contributed by atoms with E-state index < -0.39 is 29.1 Å². The quantitative estimate of drug-likeness (QED) is 0.195. The van der Waals surface area contributed by atoms with Gasteiger partial charge in [0, 0.05) is 24.7 Å². The number of nitro groups is 1. The van der Waals surface area contributed by atoms with Crippen LogP contribution in [0.25, 0.3) is 0 Å². The van der Waals surface area contributed by atoms with Crippen LogP contribution in [-0.2, 0) is 19.1 Å². The van der Waals surface area contributed by atoms with E-state index in [1.165, 1.54) is 18.3 Å². The van der Waals surface area contributed by atoms with Crippen LogP contribution in [-0.4, -0.2) is 71.7 Å². The van der Waals surface area contributed by atoms with Gasteiger partial charge in [0.15, 0.2) is 6.61 Å². The molecule has 11 nitrogen and oxygen atoms in total. The van der Waals surface area contributed by atoms with Crippen LogP contribution in [0.1, 0.15) is 12.0 Å². The van der Waals surface area contributed by atoms with E-state index in [0.29, 0.717) is 26.3 Å². The zero-order valence-electron chi connectivity index (χ0n) is 18.0. The number of hydrazone groups is 1. The molecule has 2 aliphatic heterocycles. The van der Waals surface area contributed by atoms with Gasteiger partial charge in [-0.2, -0.15) is 10.1 Å². The number of ether oxygens (including phenoxy) is 2. The molecule has 5 rings (SSSR count). The Bertz CT molecular complexity index is 1100. The largest absolute Gasteiger partial charge is 0.476 e.